The zero-order chi connectivity index (χ0) is 9.90. The number of nitrogens with one attached hydrogen (secondary N) is 1. The van der Waals surface area contributed by atoms with E-state index in [2.05, 4.69) is 33.0 Å². The van der Waals surface area contributed by atoms with Crippen molar-refractivity contribution in [2.75, 3.05) is 19.8 Å². The summed E-state index contributed by atoms with van der Waals surface area (Å²) in [4.78, 5) is 0. The normalized spacial score (nSPS) is 30.5. The van der Waals surface area contributed by atoms with Gasteiger partial charge < -0.3 is 10.1 Å². The van der Waals surface area contributed by atoms with Crippen molar-refractivity contribution in [1.29, 1.82) is 0 Å². The topological polar surface area (TPSA) is 21.3 Å². The van der Waals surface area contributed by atoms with Crippen molar-refractivity contribution in [2.24, 2.45) is 11.3 Å². The van der Waals surface area contributed by atoms with Crippen LogP contribution in [0.25, 0.3) is 0 Å². The van der Waals surface area contributed by atoms with Crippen LogP contribution in [-0.4, -0.2) is 25.8 Å². The highest BCUT2D eigenvalue weighted by Crippen LogP contribution is 2.16. The first-order valence-electron chi connectivity index (χ1n) is 5.30. The molecule has 13 heavy (non-hydrogen) atoms. The smallest absolute Gasteiger partial charge is 0.0506 e. The monoisotopic (exact) mass is 185 g/mol. The molecule has 0 aromatic carbocycles. The highest BCUT2D eigenvalue weighted by atomic mass is 16.5. The largest absolute Gasteiger partial charge is 0.381 e. The fourth-order valence-corrected chi connectivity index (χ4v) is 1.62. The molecule has 0 amide bonds. The van der Waals surface area contributed by atoms with E-state index in [1.807, 2.05) is 0 Å². The first-order valence-corrected chi connectivity index (χ1v) is 5.30. The van der Waals surface area contributed by atoms with Crippen molar-refractivity contribution in [2.45, 2.75) is 40.2 Å². The van der Waals surface area contributed by atoms with Crippen LogP contribution in [0.5, 0.6) is 0 Å². The Morgan fingerprint density at radius 1 is 1.38 bits per heavy atom. The van der Waals surface area contributed by atoms with Gasteiger partial charge in [-0.15, -0.1) is 0 Å². The van der Waals surface area contributed by atoms with E-state index < -0.39 is 0 Å². The fourth-order valence-electron chi connectivity index (χ4n) is 1.62. The van der Waals surface area contributed by atoms with Crippen molar-refractivity contribution < 1.29 is 4.74 Å². The first kappa shape index (κ1) is 11.0. The summed E-state index contributed by atoms with van der Waals surface area (Å²) in [6.07, 6.45) is 1.16. The molecule has 0 aromatic rings. The van der Waals surface area contributed by atoms with Gasteiger partial charge in [0.25, 0.3) is 0 Å². The summed E-state index contributed by atoms with van der Waals surface area (Å²) < 4.78 is 5.40. The van der Waals surface area contributed by atoms with Crippen LogP contribution in [0.4, 0.5) is 0 Å². The second-order valence-corrected chi connectivity index (χ2v) is 5.39. The number of hydrogen-bond donors (Lipinski definition) is 1. The molecule has 2 atom stereocenters. The molecule has 0 radical (unpaired) electrons. The maximum Gasteiger partial charge on any atom is 0.0506 e. The lowest BCUT2D eigenvalue weighted by molar-refractivity contribution is 0.0368. The summed E-state index contributed by atoms with van der Waals surface area (Å²) in [5.41, 5.74) is 0.387. The summed E-state index contributed by atoms with van der Waals surface area (Å²) in [5, 5.41) is 3.63. The molecular formula is C11H23NO. The Kier molecular flexibility index (Phi) is 3.74. The van der Waals surface area contributed by atoms with E-state index in [1.165, 1.54) is 0 Å². The quantitative estimate of drug-likeness (QED) is 0.711. The molecule has 0 unspecified atom stereocenters. The second-order valence-electron chi connectivity index (χ2n) is 5.39. The lowest BCUT2D eigenvalue weighted by Crippen LogP contribution is -2.44. The van der Waals surface area contributed by atoms with Crippen molar-refractivity contribution in [3.8, 4) is 0 Å². The molecule has 1 heterocycles. The van der Waals surface area contributed by atoms with Gasteiger partial charge in [-0.05, 0) is 17.8 Å². The number of hydrogen-bond acceptors (Lipinski definition) is 2. The van der Waals surface area contributed by atoms with Gasteiger partial charge >= 0.3 is 0 Å². The Morgan fingerprint density at radius 2 is 2.08 bits per heavy atom. The van der Waals surface area contributed by atoms with E-state index in [9.17, 15) is 0 Å². The molecule has 1 fully saturated rings. The van der Waals surface area contributed by atoms with E-state index in [0.717, 1.165) is 26.2 Å². The minimum Gasteiger partial charge on any atom is -0.381 e. The lowest BCUT2D eigenvalue weighted by Gasteiger charge is -2.32. The van der Waals surface area contributed by atoms with Crippen LogP contribution in [0, 0.1) is 11.3 Å². The maximum atomic E-state index is 5.40. The summed E-state index contributed by atoms with van der Waals surface area (Å²) in [6, 6.07) is 0.660. The van der Waals surface area contributed by atoms with Crippen molar-refractivity contribution in [3.63, 3.8) is 0 Å². The predicted molar refractivity (Wildman–Crippen MR) is 55.8 cm³/mol. The maximum absolute atomic E-state index is 5.40. The molecule has 78 valence electrons. The van der Waals surface area contributed by atoms with E-state index >= 15 is 0 Å². The van der Waals surface area contributed by atoms with Crippen LogP contribution in [-0.2, 0) is 4.74 Å². The van der Waals surface area contributed by atoms with Gasteiger partial charge in [-0.2, -0.15) is 0 Å². The molecule has 0 spiro atoms. The molecule has 0 aliphatic carbocycles. The van der Waals surface area contributed by atoms with Crippen molar-refractivity contribution >= 4 is 0 Å². The third-order valence-corrected chi connectivity index (χ3v) is 2.54. The molecular weight excluding hydrogens is 162 g/mol. The van der Waals surface area contributed by atoms with Gasteiger partial charge in [-0.25, -0.2) is 0 Å². The highest BCUT2D eigenvalue weighted by Gasteiger charge is 2.22. The molecule has 1 aliphatic rings. The Labute approximate surface area is 82.0 Å². The third-order valence-electron chi connectivity index (χ3n) is 2.54. The molecule has 1 N–H and O–H groups in total. The number of ether oxygens (including phenoxy) is 1. The van der Waals surface area contributed by atoms with E-state index in [4.69, 9.17) is 4.74 Å². The van der Waals surface area contributed by atoms with Gasteiger partial charge in [0.2, 0.25) is 0 Å². The number of rotatable bonds is 2. The van der Waals surface area contributed by atoms with Gasteiger partial charge in [-0.3, -0.25) is 0 Å². The predicted octanol–water partition coefficient (Wildman–Crippen LogP) is 2.05. The van der Waals surface area contributed by atoms with Gasteiger partial charge in [-0.1, -0.05) is 27.7 Å². The third kappa shape index (κ3) is 4.10. The Bertz CT molecular complexity index is 151. The molecule has 0 saturated carbocycles. The van der Waals surface area contributed by atoms with Gasteiger partial charge in [0, 0.05) is 19.2 Å². The molecule has 1 saturated heterocycles. The zero-order valence-corrected chi connectivity index (χ0v) is 9.39. The lowest BCUT2D eigenvalue weighted by atomic mass is 9.93. The molecule has 1 rings (SSSR count). The first-order chi connectivity index (χ1) is 5.99. The summed E-state index contributed by atoms with van der Waals surface area (Å²) in [7, 11) is 0. The standard InChI is InChI=1S/C11H23NO/c1-9-7-13-6-5-10(9)12-8-11(2,3)4/h9-10,12H,5-8H2,1-4H3/t9-,10+/m1/s1. The Balaban J connectivity index is 2.27. The van der Waals surface area contributed by atoms with Crippen molar-refractivity contribution in [3.05, 3.63) is 0 Å². The fraction of sp³-hybridized carbons (Fsp3) is 1.00. The Hall–Kier alpha value is -0.0800. The Morgan fingerprint density at radius 3 is 2.62 bits per heavy atom. The van der Waals surface area contributed by atoms with Crippen LogP contribution in [0.3, 0.4) is 0 Å². The SMILES string of the molecule is C[C@@H]1COCC[C@@H]1NCC(C)(C)C. The van der Waals surface area contributed by atoms with Crippen LogP contribution in [0.1, 0.15) is 34.1 Å². The average molecular weight is 185 g/mol. The van der Waals surface area contributed by atoms with Gasteiger partial charge in [0.05, 0.1) is 6.61 Å². The molecule has 0 aromatic heterocycles. The molecule has 1 aliphatic heterocycles. The van der Waals surface area contributed by atoms with E-state index in [-0.39, 0.29) is 0 Å². The molecule has 2 nitrogen and oxygen atoms in total. The molecule has 0 bridgehead atoms. The minimum absolute atomic E-state index is 0.387. The summed E-state index contributed by atoms with van der Waals surface area (Å²) >= 11 is 0. The summed E-state index contributed by atoms with van der Waals surface area (Å²) in [6.45, 7) is 12.0. The van der Waals surface area contributed by atoms with Crippen LogP contribution in [0.2, 0.25) is 0 Å². The highest BCUT2D eigenvalue weighted by molar-refractivity contribution is 4.78. The van der Waals surface area contributed by atoms with Crippen LogP contribution in [0.15, 0.2) is 0 Å². The van der Waals surface area contributed by atoms with Gasteiger partial charge in [0.1, 0.15) is 0 Å². The second kappa shape index (κ2) is 4.43. The van der Waals surface area contributed by atoms with Crippen LogP contribution >= 0.6 is 0 Å². The average Bonchev–Trinajstić information content (AvgIpc) is 2.01. The van der Waals surface area contributed by atoms with E-state index in [0.29, 0.717) is 17.4 Å². The molecule has 2 heteroatoms. The van der Waals surface area contributed by atoms with Gasteiger partial charge in [0.15, 0.2) is 0 Å². The summed E-state index contributed by atoms with van der Waals surface area (Å²) in [5.74, 6) is 0.663. The minimum atomic E-state index is 0.387. The zero-order valence-electron chi connectivity index (χ0n) is 9.39. The van der Waals surface area contributed by atoms with Crippen molar-refractivity contribution in [1.82, 2.24) is 5.32 Å². The van der Waals surface area contributed by atoms with Crippen LogP contribution < -0.4 is 5.32 Å². The van der Waals surface area contributed by atoms with E-state index in [1.54, 1.807) is 0 Å².